The lowest BCUT2D eigenvalue weighted by atomic mass is 10.4. The Morgan fingerprint density at radius 3 is 2.87 bits per heavy atom. The molecule has 0 aromatic carbocycles. The normalized spacial score (nSPS) is 10.2. The van der Waals surface area contributed by atoms with Gasteiger partial charge >= 0.3 is 0 Å². The minimum atomic E-state index is 0.401. The summed E-state index contributed by atoms with van der Waals surface area (Å²) in [5.74, 6) is 1.85. The molecule has 15 heavy (non-hydrogen) atoms. The zero-order valence-electron chi connectivity index (χ0n) is 8.27. The van der Waals surface area contributed by atoms with Crippen LogP contribution < -0.4 is 11.1 Å². The van der Waals surface area contributed by atoms with Crippen LogP contribution in [0.3, 0.4) is 0 Å². The van der Waals surface area contributed by atoms with Gasteiger partial charge in [-0.25, -0.2) is 0 Å². The summed E-state index contributed by atoms with van der Waals surface area (Å²) in [6.07, 6.45) is 0. The van der Waals surface area contributed by atoms with E-state index >= 15 is 0 Å². The molecule has 2 aromatic rings. The van der Waals surface area contributed by atoms with Crippen LogP contribution in [0.15, 0.2) is 22.7 Å². The highest BCUT2D eigenvalue weighted by atomic mass is 16.5. The third kappa shape index (κ3) is 2.43. The maximum absolute atomic E-state index is 5.41. The number of aryl methyl sites for hydroxylation is 1. The van der Waals surface area contributed by atoms with Gasteiger partial charge in [-0.15, -0.1) is 10.2 Å². The maximum atomic E-state index is 5.41. The van der Waals surface area contributed by atoms with Crippen molar-refractivity contribution in [2.75, 3.05) is 11.1 Å². The molecular weight excluding hydrogens is 194 g/mol. The molecule has 0 amide bonds. The number of anilines is 2. The van der Waals surface area contributed by atoms with E-state index in [1.165, 1.54) is 0 Å². The summed E-state index contributed by atoms with van der Waals surface area (Å²) in [4.78, 5) is 0. The van der Waals surface area contributed by atoms with Gasteiger partial charge < -0.3 is 15.6 Å². The van der Waals surface area contributed by atoms with Gasteiger partial charge in [0.05, 0.1) is 6.54 Å². The lowest BCUT2D eigenvalue weighted by Crippen LogP contribution is -2.03. The van der Waals surface area contributed by atoms with E-state index in [2.05, 4.69) is 20.7 Å². The van der Waals surface area contributed by atoms with Gasteiger partial charge in [0, 0.05) is 6.07 Å². The van der Waals surface area contributed by atoms with Crippen LogP contribution in [0.2, 0.25) is 0 Å². The first-order chi connectivity index (χ1) is 7.24. The molecule has 0 aliphatic heterocycles. The second kappa shape index (κ2) is 3.95. The van der Waals surface area contributed by atoms with Crippen molar-refractivity contribution in [3.05, 3.63) is 29.7 Å². The van der Waals surface area contributed by atoms with Gasteiger partial charge in [-0.3, -0.25) is 0 Å². The smallest absolute Gasteiger partial charge is 0.149 e. The standard InChI is InChI=1S/C9H11N5O/c1-6-4-7(14-15-6)5-11-9-3-2-8(10)12-13-9/h2-4H,5H2,1H3,(H2,10,12)(H,11,13). The number of rotatable bonds is 3. The Balaban J connectivity index is 1.96. The number of hydrogen-bond acceptors (Lipinski definition) is 6. The van der Waals surface area contributed by atoms with E-state index < -0.39 is 0 Å². The minimum Gasteiger partial charge on any atom is -0.382 e. The first-order valence-corrected chi connectivity index (χ1v) is 4.49. The lowest BCUT2D eigenvalue weighted by Gasteiger charge is -2.01. The molecule has 0 fully saturated rings. The Bertz CT molecular complexity index is 436. The summed E-state index contributed by atoms with van der Waals surface area (Å²) in [5, 5.41) is 14.5. The molecule has 78 valence electrons. The van der Waals surface area contributed by atoms with E-state index in [4.69, 9.17) is 10.3 Å². The van der Waals surface area contributed by atoms with E-state index in [1.807, 2.05) is 13.0 Å². The second-order valence-electron chi connectivity index (χ2n) is 3.13. The number of nitrogens with zero attached hydrogens (tertiary/aromatic N) is 3. The van der Waals surface area contributed by atoms with Crippen molar-refractivity contribution in [3.8, 4) is 0 Å². The summed E-state index contributed by atoms with van der Waals surface area (Å²) in [5.41, 5.74) is 6.23. The fraction of sp³-hybridized carbons (Fsp3) is 0.222. The first kappa shape index (κ1) is 9.45. The van der Waals surface area contributed by atoms with E-state index in [9.17, 15) is 0 Å². The molecule has 0 bridgehead atoms. The van der Waals surface area contributed by atoms with Crippen LogP contribution in [0.25, 0.3) is 0 Å². The van der Waals surface area contributed by atoms with E-state index in [-0.39, 0.29) is 0 Å². The highest BCUT2D eigenvalue weighted by Crippen LogP contribution is 2.06. The molecule has 0 aliphatic rings. The van der Waals surface area contributed by atoms with Crippen LogP contribution in [0.4, 0.5) is 11.6 Å². The molecule has 0 saturated carbocycles. The Morgan fingerprint density at radius 2 is 2.27 bits per heavy atom. The largest absolute Gasteiger partial charge is 0.382 e. The number of nitrogens with two attached hydrogens (primary N) is 1. The minimum absolute atomic E-state index is 0.401. The molecule has 2 rings (SSSR count). The molecule has 3 N–H and O–H groups in total. The summed E-state index contributed by atoms with van der Waals surface area (Å²) in [6, 6.07) is 5.30. The Hall–Kier alpha value is -2.11. The SMILES string of the molecule is Cc1cc(CNc2ccc(N)nn2)no1. The summed E-state index contributed by atoms with van der Waals surface area (Å²) < 4.78 is 4.93. The van der Waals surface area contributed by atoms with Crippen LogP contribution >= 0.6 is 0 Å². The van der Waals surface area contributed by atoms with E-state index in [1.54, 1.807) is 12.1 Å². The molecule has 0 radical (unpaired) electrons. The molecule has 0 saturated heterocycles. The van der Waals surface area contributed by atoms with Crippen LogP contribution in [0, 0.1) is 6.92 Å². The summed E-state index contributed by atoms with van der Waals surface area (Å²) in [7, 11) is 0. The highest BCUT2D eigenvalue weighted by Gasteiger charge is 2.00. The molecular formula is C9H11N5O. The van der Waals surface area contributed by atoms with Crippen molar-refractivity contribution in [3.63, 3.8) is 0 Å². The number of nitrogen functional groups attached to an aromatic ring is 1. The van der Waals surface area contributed by atoms with Crippen LogP contribution in [-0.4, -0.2) is 15.4 Å². The predicted octanol–water partition coefficient (Wildman–Crippen LogP) is 0.967. The maximum Gasteiger partial charge on any atom is 0.149 e. The monoisotopic (exact) mass is 205 g/mol. The Kier molecular flexibility index (Phi) is 2.49. The fourth-order valence-electron chi connectivity index (χ4n) is 1.12. The average Bonchev–Trinajstić information content (AvgIpc) is 2.64. The van der Waals surface area contributed by atoms with Gasteiger partial charge in [0.25, 0.3) is 0 Å². The quantitative estimate of drug-likeness (QED) is 0.775. The Labute approximate surface area is 86.5 Å². The van der Waals surface area contributed by atoms with Gasteiger partial charge in [-0.2, -0.15) is 0 Å². The summed E-state index contributed by atoms with van der Waals surface area (Å²) in [6.45, 7) is 2.40. The zero-order valence-corrected chi connectivity index (χ0v) is 8.27. The number of hydrogen-bond donors (Lipinski definition) is 2. The van der Waals surface area contributed by atoms with Crippen LogP contribution in [0.5, 0.6) is 0 Å². The first-order valence-electron chi connectivity index (χ1n) is 4.49. The summed E-state index contributed by atoms with van der Waals surface area (Å²) >= 11 is 0. The molecule has 0 aliphatic carbocycles. The number of aromatic nitrogens is 3. The fourth-order valence-corrected chi connectivity index (χ4v) is 1.12. The lowest BCUT2D eigenvalue weighted by molar-refractivity contribution is 0.391. The molecule has 6 nitrogen and oxygen atoms in total. The van der Waals surface area contributed by atoms with Gasteiger partial charge in [0.15, 0.2) is 0 Å². The average molecular weight is 205 g/mol. The third-order valence-electron chi connectivity index (χ3n) is 1.81. The highest BCUT2D eigenvalue weighted by molar-refractivity contribution is 5.38. The van der Waals surface area contributed by atoms with Crippen molar-refractivity contribution in [1.82, 2.24) is 15.4 Å². The predicted molar refractivity (Wildman–Crippen MR) is 55.0 cm³/mol. The van der Waals surface area contributed by atoms with Crippen molar-refractivity contribution >= 4 is 11.6 Å². The van der Waals surface area contributed by atoms with Gasteiger partial charge in [-0.1, -0.05) is 5.16 Å². The zero-order chi connectivity index (χ0) is 10.7. The molecule has 0 atom stereocenters. The topological polar surface area (TPSA) is 89.9 Å². The van der Waals surface area contributed by atoms with Gasteiger partial charge in [0.2, 0.25) is 0 Å². The van der Waals surface area contributed by atoms with Crippen molar-refractivity contribution < 1.29 is 4.52 Å². The van der Waals surface area contributed by atoms with Gasteiger partial charge in [-0.05, 0) is 19.1 Å². The van der Waals surface area contributed by atoms with E-state index in [0.29, 0.717) is 18.2 Å². The molecule has 2 heterocycles. The Morgan fingerprint density at radius 1 is 1.40 bits per heavy atom. The van der Waals surface area contributed by atoms with E-state index in [0.717, 1.165) is 11.5 Å². The molecule has 2 aromatic heterocycles. The molecule has 6 heteroatoms. The van der Waals surface area contributed by atoms with Crippen molar-refractivity contribution in [1.29, 1.82) is 0 Å². The van der Waals surface area contributed by atoms with Crippen molar-refractivity contribution in [2.24, 2.45) is 0 Å². The van der Waals surface area contributed by atoms with Gasteiger partial charge in [0.1, 0.15) is 23.1 Å². The van der Waals surface area contributed by atoms with Crippen LogP contribution in [0.1, 0.15) is 11.5 Å². The van der Waals surface area contributed by atoms with Crippen LogP contribution in [-0.2, 0) is 6.54 Å². The second-order valence-corrected chi connectivity index (χ2v) is 3.13. The van der Waals surface area contributed by atoms with Crippen molar-refractivity contribution in [2.45, 2.75) is 13.5 Å². The molecule has 0 spiro atoms. The molecule has 0 unspecified atom stereocenters. The number of nitrogens with one attached hydrogen (secondary N) is 1. The third-order valence-corrected chi connectivity index (χ3v) is 1.81.